The van der Waals surface area contributed by atoms with Crippen LogP contribution in [-0.2, 0) is 4.79 Å². The van der Waals surface area contributed by atoms with Gasteiger partial charge in [0.15, 0.2) is 0 Å². The number of hydrazone groups is 1. The third kappa shape index (κ3) is 4.55. The van der Waals surface area contributed by atoms with E-state index < -0.39 is 0 Å². The van der Waals surface area contributed by atoms with E-state index in [4.69, 9.17) is 9.47 Å². The maximum atomic E-state index is 12.1. The van der Waals surface area contributed by atoms with Gasteiger partial charge in [0, 0.05) is 22.7 Å². The van der Waals surface area contributed by atoms with Crippen LogP contribution in [0, 0.1) is 0 Å². The van der Waals surface area contributed by atoms with Gasteiger partial charge in [-0.3, -0.25) is 4.79 Å². The number of hydrogen-bond acceptors (Lipinski definition) is 5. The molecule has 0 spiro atoms. The summed E-state index contributed by atoms with van der Waals surface area (Å²) in [6, 6.07) is 19.3. The first kappa shape index (κ1) is 18.3. The first-order valence-corrected chi connectivity index (χ1v) is 8.47. The van der Waals surface area contributed by atoms with Gasteiger partial charge in [-0.2, -0.15) is 5.10 Å². The van der Waals surface area contributed by atoms with Crippen LogP contribution in [0.1, 0.15) is 5.56 Å². The highest BCUT2D eigenvalue weighted by atomic mass is 16.5. The molecular formula is C21H21N3O3. The summed E-state index contributed by atoms with van der Waals surface area (Å²) in [7, 11) is 3.16. The number of nitrogens with one attached hydrogen (secondary N) is 2. The molecule has 0 unspecified atom stereocenters. The second kappa shape index (κ2) is 8.71. The number of nitrogens with zero attached hydrogens (tertiary/aromatic N) is 1. The Morgan fingerprint density at radius 2 is 1.85 bits per heavy atom. The highest BCUT2D eigenvalue weighted by molar-refractivity contribution is 5.95. The maximum absolute atomic E-state index is 12.1. The fourth-order valence-electron chi connectivity index (χ4n) is 2.69. The normalized spacial score (nSPS) is 10.7. The topological polar surface area (TPSA) is 72.0 Å². The molecule has 0 heterocycles. The largest absolute Gasteiger partial charge is 0.497 e. The molecule has 0 aliphatic carbocycles. The number of fused-ring (bicyclic) bond motifs is 1. The lowest BCUT2D eigenvalue weighted by Gasteiger charge is -2.09. The van der Waals surface area contributed by atoms with E-state index in [9.17, 15) is 4.79 Å². The van der Waals surface area contributed by atoms with E-state index in [1.54, 1.807) is 26.4 Å². The minimum absolute atomic E-state index is 0.116. The summed E-state index contributed by atoms with van der Waals surface area (Å²) in [6.07, 6.45) is 1.54. The Bertz CT molecular complexity index is 965. The number of carbonyl (C=O) groups excluding carboxylic acids is 1. The summed E-state index contributed by atoms with van der Waals surface area (Å²) in [5, 5.41) is 9.33. The molecule has 1 amide bonds. The molecule has 3 aromatic rings. The molecule has 0 bridgehead atoms. The van der Waals surface area contributed by atoms with Gasteiger partial charge < -0.3 is 14.8 Å². The Kier molecular flexibility index (Phi) is 5.89. The van der Waals surface area contributed by atoms with Crippen molar-refractivity contribution < 1.29 is 14.3 Å². The van der Waals surface area contributed by atoms with E-state index in [0.717, 1.165) is 22.0 Å². The summed E-state index contributed by atoms with van der Waals surface area (Å²) < 4.78 is 10.5. The fraction of sp³-hybridized carbons (Fsp3) is 0.143. The molecule has 0 saturated carbocycles. The highest BCUT2D eigenvalue weighted by Crippen LogP contribution is 2.23. The van der Waals surface area contributed by atoms with E-state index in [1.807, 2.05) is 48.5 Å². The van der Waals surface area contributed by atoms with Crippen molar-refractivity contribution in [2.75, 3.05) is 26.1 Å². The summed E-state index contributed by atoms with van der Waals surface area (Å²) >= 11 is 0. The molecule has 3 rings (SSSR count). The third-order valence-corrected chi connectivity index (χ3v) is 4.06. The number of ether oxygens (including phenoxy) is 2. The summed E-state index contributed by atoms with van der Waals surface area (Å²) in [4.78, 5) is 12.1. The molecule has 6 heteroatoms. The molecule has 138 valence electrons. The van der Waals surface area contributed by atoms with Gasteiger partial charge in [0.2, 0.25) is 0 Å². The SMILES string of the molecule is COc1ccc(/C=N\NC(=O)CNc2cccc3ccccc23)c(OC)c1. The number of carbonyl (C=O) groups is 1. The Labute approximate surface area is 157 Å². The van der Waals surface area contributed by atoms with Gasteiger partial charge >= 0.3 is 0 Å². The molecule has 0 aliphatic heterocycles. The molecule has 0 aromatic heterocycles. The number of anilines is 1. The number of hydrogen-bond donors (Lipinski definition) is 2. The van der Waals surface area contributed by atoms with Gasteiger partial charge in [0.25, 0.3) is 5.91 Å². The van der Waals surface area contributed by atoms with Crippen LogP contribution < -0.4 is 20.2 Å². The number of benzene rings is 3. The van der Waals surface area contributed by atoms with E-state index in [-0.39, 0.29) is 12.5 Å². The van der Waals surface area contributed by atoms with Gasteiger partial charge in [0.1, 0.15) is 11.5 Å². The highest BCUT2D eigenvalue weighted by Gasteiger charge is 2.05. The van der Waals surface area contributed by atoms with Crippen molar-refractivity contribution in [1.82, 2.24) is 5.43 Å². The Hall–Kier alpha value is -3.54. The van der Waals surface area contributed by atoms with E-state index in [2.05, 4.69) is 15.8 Å². The van der Waals surface area contributed by atoms with E-state index in [1.165, 1.54) is 6.21 Å². The van der Waals surface area contributed by atoms with Crippen LogP contribution in [0.25, 0.3) is 10.8 Å². The lowest BCUT2D eigenvalue weighted by Crippen LogP contribution is -2.25. The molecule has 6 nitrogen and oxygen atoms in total. The van der Waals surface area contributed by atoms with Crippen molar-refractivity contribution >= 4 is 28.6 Å². The van der Waals surface area contributed by atoms with Crippen LogP contribution in [0.15, 0.2) is 65.8 Å². The number of methoxy groups -OCH3 is 2. The molecule has 0 saturated heterocycles. The zero-order valence-electron chi connectivity index (χ0n) is 15.2. The van der Waals surface area contributed by atoms with Crippen LogP contribution in [-0.4, -0.2) is 32.9 Å². The standard InChI is InChI=1S/C21H21N3O3/c1-26-17-11-10-16(20(12-17)27-2)13-23-24-21(25)14-22-19-9-5-7-15-6-3-4-8-18(15)19/h3-13,22H,14H2,1-2H3,(H,24,25)/b23-13-. The van der Waals surface area contributed by atoms with E-state index >= 15 is 0 Å². The maximum Gasteiger partial charge on any atom is 0.259 e. The second-order valence-electron chi connectivity index (χ2n) is 5.78. The van der Waals surface area contributed by atoms with Crippen molar-refractivity contribution in [3.05, 3.63) is 66.2 Å². The average Bonchev–Trinajstić information content (AvgIpc) is 2.72. The monoisotopic (exact) mass is 363 g/mol. The summed E-state index contributed by atoms with van der Waals surface area (Å²) in [6.45, 7) is 0.116. The fourth-order valence-corrected chi connectivity index (χ4v) is 2.69. The Morgan fingerprint density at radius 3 is 2.67 bits per heavy atom. The predicted molar refractivity (Wildman–Crippen MR) is 108 cm³/mol. The summed E-state index contributed by atoms with van der Waals surface area (Å²) in [5.74, 6) is 1.06. The van der Waals surface area contributed by atoms with Crippen LogP contribution in [0.3, 0.4) is 0 Å². The van der Waals surface area contributed by atoms with Crippen LogP contribution in [0.2, 0.25) is 0 Å². The second-order valence-corrected chi connectivity index (χ2v) is 5.78. The zero-order valence-corrected chi connectivity index (χ0v) is 15.2. The van der Waals surface area contributed by atoms with Crippen molar-refractivity contribution in [2.45, 2.75) is 0 Å². The van der Waals surface area contributed by atoms with E-state index in [0.29, 0.717) is 11.5 Å². The molecule has 3 aromatic carbocycles. The molecule has 0 fully saturated rings. The predicted octanol–water partition coefficient (Wildman–Crippen LogP) is 3.42. The van der Waals surface area contributed by atoms with Crippen LogP contribution in [0.4, 0.5) is 5.69 Å². The smallest absolute Gasteiger partial charge is 0.259 e. The quantitative estimate of drug-likeness (QED) is 0.498. The number of amides is 1. The lowest BCUT2D eigenvalue weighted by molar-refractivity contribution is -0.119. The van der Waals surface area contributed by atoms with Crippen molar-refractivity contribution in [1.29, 1.82) is 0 Å². The van der Waals surface area contributed by atoms with Crippen molar-refractivity contribution in [3.63, 3.8) is 0 Å². The number of rotatable bonds is 7. The van der Waals surface area contributed by atoms with Gasteiger partial charge in [-0.15, -0.1) is 0 Å². The van der Waals surface area contributed by atoms with Crippen molar-refractivity contribution in [3.8, 4) is 11.5 Å². The minimum Gasteiger partial charge on any atom is -0.497 e. The van der Waals surface area contributed by atoms with Gasteiger partial charge in [-0.05, 0) is 23.6 Å². The van der Waals surface area contributed by atoms with Gasteiger partial charge in [-0.25, -0.2) is 5.43 Å². The average molecular weight is 363 g/mol. The molecule has 2 N–H and O–H groups in total. The molecule has 0 atom stereocenters. The first-order chi connectivity index (χ1) is 13.2. The Morgan fingerprint density at radius 1 is 1.04 bits per heavy atom. The molecule has 27 heavy (non-hydrogen) atoms. The first-order valence-electron chi connectivity index (χ1n) is 8.47. The lowest BCUT2D eigenvalue weighted by atomic mass is 10.1. The zero-order chi connectivity index (χ0) is 19.1. The molecule has 0 radical (unpaired) electrons. The summed E-state index contributed by atoms with van der Waals surface area (Å²) in [5.41, 5.74) is 4.15. The minimum atomic E-state index is -0.244. The van der Waals surface area contributed by atoms with Crippen molar-refractivity contribution in [2.24, 2.45) is 5.10 Å². The Balaban J connectivity index is 1.59. The van der Waals surface area contributed by atoms with Crippen LogP contribution >= 0.6 is 0 Å². The third-order valence-electron chi connectivity index (χ3n) is 4.06. The molecule has 0 aliphatic rings. The van der Waals surface area contributed by atoms with Gasteiger partial charge in [0.05, 0.1) is 27.0 Å². The van der Waals surface area contributed by atoms with Gasteiger partial charge in [-0.1, -0.05) is 36.4 Å². The van der Waals surface area contributed by atoms with Crippen LogP contribution in [0.5, 0.6) is 11.5 Å². The molecular weight excluding hydrogens is 342 g/mol.